The molecule has 2 heterocycles. The smallest absolute Gasteiger partial charge is 0.162 e. The molecule has 0 spiro atoms. The predicted molar refractivity (Wildman–Crippen MR) is 66.8 cm³/mol. The molecule has 2 rings (SSSR count). The molecule has 2 nitrogen and oxygen atoms in total. The maximum absolute atomic E-state index is 5.54. The second-order valence-electron chi connectivity index (χ2n) is 3.41. The molecule has 0 unspecified atom stereocenters. The lowest BCUT2D eigenvalue weighted by Gasteiger charge is -1.90. The predicted octanol–water partition coefficient (Wildman–Crippen LogP) is 3.49. The van der Waals surface area contributed by atoms with Crippen molar-refractivity contribution in [2.45, 2.75) is 20.3 Å². The molecule has 0 saturated carbocycles. The molecule has 0 aliphatic carbocycles. The van der Waals surface area contributed by atoms with E-state index in [-0.39, 0.29) is 0 Å². The maximum atomic E-state index is 5.54. The molecule has 0 bridgehead atoms. The van der Waals surface area contributed by atoms with E-state index in [2.05, 4.69) is 17.6 Å². The Balaban J connectivity index is 2.33. The van der Waals surface area contributed by atoms with Gasteiger partial charge in [-0.2, -0.15) is 12.6 Å². The molecule has 4 heteroatoms. The molecular formula is C11H13NOS2. The number of thiol groups is 1. The van der Waals surface area contributed by atoms with E-state index < -0.39 is 0 Å². The van der Waals surface area contributed by atoms with Crippen LogP contribution in [0.1, 0.15) is 16.3 Å². The zero-order chi connectivity index (χ0) is 10.8. The van der Waals surface area contributed by atoms with Crippen molar-refractivity contribution >= 4 is 24.0 Å². The number of hydrogen-bond acceptors (Lipinski definition) is 4. The molecule has 0 N–H and O–H groups in total. The number of nitrogens with zero attached hydrogens (tertiary/aromatic N) is 1. The number of hydrogen-bond donors (Lipinski definition) is 1. The first kappa shape index (κ1) is 10.8. The third-order valence-electron chi connectivity index (χ3n) is 2.18. The lowest BCUT2D eigenvalue weighted by atomic mass is 10.3. The van der Waals surface area contributed by atoms with Crippen LogP contribution in [-0.2, 0) is 6.42 Å². The van der Waals surface area contributed by atoms with E-state index in [4.69, 9.17) is 4.42 Å². The van der Waals surface area contributed by atoms with E-state index in [0.29, 0.717) is 0 Å². The highest BCUT2D eigenvalue weighted by atomic mass is 32.1. The molecule has 0 aliphatic rings. The molecule has 2 aromatic rings. The van der Waals surface area contributed by atoms with Crippen LogP contribution in [0.5, 0.6) is 0 Å². The topological polar surface area (TPSA) is 26.0 Å². The minimum Gasteiger partial charge on any atom is -0.459 e. The highest BCUT2D eigenvalue weighted by Crippen LogP contribution is 2.29. The SMILES string of the molecule is Cc1ccc(-c2nc(C)c(CCS)s2)o1. The molecule has 0 saturated heterocycles. The van der Waals surface area contributed by atoms with Crippen molar-refractivity contribution in [3.8, 4) is 10.8 Å². The Bertz CT molecular complexity index is 459. The van der Waals surface area contributed by atoms with E-state index in [1.54, 1.807) is 11.3 Å². The average Bonchev–Trinajstić information content (AvgIpc) is 2.75. The van der Waals surface area contributed by atoms with Crippen LogP contribution in [0.2, 0.25) is 0 Å². The fraction of sp³-hybridized carbons (Fsp3) is 0.364. The normalized spacial score (nSPS) is 10.9. The number of thiazole rings is 1. The van der Waals surface area contributed by atoms with Crippen LogP contribution in [0.3, 0.4) is 0 Å². The van der Waals surface area contributed by atoms with E-state index in [0.717, 1.165) is 34.4 Å². The first-order valence-corrected chi connectivity index (χ1v) is 6.29. The van der Waals surface area contributed by atoms with Crippen LogP contribution in [0.15, 0.2) is 16.5 Å². The fourth-order valence-corrected chi connectivity index (χ4v) is 2.82. The van der Waals surface area contributed by atoms with Crippen molar-refractivity contribution in [2.75, 3.05) is 5.75 Å². The van der Waals surface area contributed by atoms with Gasteiger partial charge in [-0.3, -0.25) is 0 Å². The first-order valence-electron chi connectivity index (χ1n) is 4.84. The summed E-state index contributed by atoms with van der Waals surface area (Å²) in [6.45, 7) is 3.98. The van der Waals surface area contributed by atoms with E-state index in [1.165, 1.54) is 4.88 Å². The molecule has 80 valence electrons. The van der Waals surface area contributed by atoms with Gasteiger partial charge in [-0.1, -0.05) is 0 Å². The summed E-state index contributed by atoms with van der Waals surface area (Å²) in [6, 6.07) is 3.93. The summed E-state index contributed by atoms with van der Waals surface area (Å²) in [6.07, 6.45) is 0.978. The molecule has 15 heavy (non-hydrogen) atoms. The number of aryl methyl sites for hydroxylation is 3. The summed E-state index contributed by atoms with van der Waals surface area (Å²) in [4.78, 5) is 5.80. The third-order valence-corrected chi connectivity index (χ3v) is 3.64. The maximum Gasteiger partial charge on any atom is 0.162 e. The van der Waals surface area contributed by atoms with Crippen molar-refractivity contribution in [2.24, 2.45) is 0 Å². The van der Waals surface area contributed by atoms with Gasteiger partial charge in [0, 0.05) is 4.88 Å². The van der Waals surface area contributed by atoms with Crippen molar-refractivity contribution < 1.29 is 4.42 Å². The average molecular weight is 239 g/mol. The zero-order valence-corrected chi connectivity index (χ0v) is 10.5. The Morgan fingerprint density at radius 1 is 1.40 bits per heavy atom. The molecule has 0 radical (unpaired) electrons. The van der Waals surface area contributed by atoms with E-state index in [9.17, 15) is 0 Å². The van der Waals surface area contributed by atoms with Crippen LogP contribution < -0.4 is 0 Å². The highest BCUT2D eigenvalue weighted by Gasteiger charge is 2.11. The highest BCUT2D eigenvalue weighted by molar-refractivity contribution is 7.80. The summed E-state index contributed by atoms with van der Waals surface area (Å²) < 4.78 is 5.54. The standard InChI is InChI=1S/C11H13NOS2/c1-7-3-4-9(13-7)11-12-8(2)10(15-11)5-6-14/h3-4,14H,5-6H2,1-2H3. The minimum atomic E-state index is 0.861. The van der Waals surface area contributed by atoms with Crippen molar-refractivity contribution in [3.63, 3.8) is 0 Å². The summed E-state index contributed by atoms with van der Waals surface area (Å²) in [5.41, 5.74) is 1.10. The minimum absolute atomic E-state index is 0.861. The van der Waals surface area contributed by atoms with Crippen LogP contribution in [-0.4, -0.2) is 10.7 Å². The Labute approximate surface area is 98.8 Å². The van der Waals surface area contributed by atoms with Gasteiger partial charge in [-0.25, -0.2) is 4.98 Å². The molecule has 0 fully saturated rings. The lowest BCUT2D eigenvalue weighted by molar-refractivity contribution is 0.548. The van der Waals surface area contributed by atoms with Gasteiger partial charge in [0.25, 0.3) is 0 Å². The Kier molecular flexibility index (Phi) is 3.17. The van der Waals surface area contributed by atoms with Crippen LogP contribution in [0.4, 0.5) is 0 Å². The summed E-state index contributed by atoms with van der Waals surface area (Å²) in [5, 5.41) is 0.970. The molecule has 2 aromatic heterocycles. The zero-order valence-electron chi connectivity index (χ0n) is 8.78. The Hall–Kier alpha value is -0.740. The molecule has 0 amide bonds. The number of rotatable bonds is 3. The van der Waals surface area contributed by atoms with Gasteiger partial charge in [0.2, 0.25) is 0 Å². The summed E-state index contributed by atoms with van der Waals surface area (Å²) >= 11 is 5.93. The second-order valence-corrected chi connectivity index (χ2v) is 4.94. The first-order chi connectivity index (χ1) is 7.20. The van der Waals surface area contributed by atoms with Gasteiger partial charge in [-0.15, -0.1) is 11.3 Å². The van der Waals surface area contributed by atoms with Crippen LogP contribution in [0.25, 0.3) is 10.8 Å². The Morgan fingerprint density at radius 3 is 2.80 bits per heavy atom. The van der Waals surface area contributed by atoms with E-state index >= 15 is 0 Å². The van der Waals surface area contributed by atoms with Gasteiger partial charge >= 0.3 is 0 Å². The van der Waals surface area contributed by atoms with Gasteiger partial charge in [-0.05, 0) is 38.2 Å². The molecule has 0 aromatic carbocycles. The number of furan rings is 1. The fourth-order valence-electron chi connectivity index (χ4n) is 1.42. The van der Waals surface area contributed by atoms with Gasteiger partial charge in [0.05, 0.1) is 5.69 Å². The molecular weight excluding hydrogens is 226 g/mol. The van der Waals surface area contributed by atoms with Crippen LogP contribution >= 0.6 is 24.0 Å². The van der Waals surface area contributed by atoms with Gasteiger partial charge in [0.15, 0.2) is 10.8 Å². The van der Waals surface area contributed by atoms with Crippen molar-refractivity contribution in [1.82, 2.24) is 4.98 Å². The largest absolute Gasteiger partial charge is 0.459 e. The molecule has 0 atom stereocenters. The van der Waals surface area contributed by atoms with Gasteiger partial charge < -0.3 is 4.42 Å². The van der Waals surface area contributed by atoms with Crippen molar-refractivity contribution in [1.29, 1.82) is 0 Å². The van der Waals surface area contributed by atoms with Crippen LogP contribution in [0, 0.1) is 13.8 Å². The molecule has 0 aliphatic heterocycles. The quantitative estimate of drug-likeness (QED) is 0.830. The third kappa shape index (κ3) is 2.26. The summed E-state index contributed by atoms with van der Waals surface area (Å²) in [5.74, 6) is 2.65. The van der Waals surface area contributed by atoms with E-state index in [1.807, 2.05) is 26.0 Å². The monoisotopic (exact) mass is 239 g/mol. The van der Waals surface area contributed by atoms with Gasteiger partial charge in [0.1, 0.15) is 5.76 Å². The lowest BCUT2D eigenvalue weighted by Crippen LogP contribution is -1.84. The van der Waals surface area contributed by atoms with Crippen molar-refractivity contribution in [3.05, 3.63) is 28.5 Å². The second kappa shape index (κ2) is 4.41. The summed E-state index contributed by atoms with van der Waals surface area (Å²) in [7, 11) is 0. The number of aromatic nitrogens is 1. The Morgan fingerprint density at radius 2 is 2.20 bits per heavy atom.